The zero-order chi connectivity index (χ0) is 12.5. The van der Waals surface area contributed by atoms with Gasteiger partial charge < -0.3 is 15.8 Å². The average molecular weight is 240 g/mol. The third-order valence-electron chi connectivity index (χ3n) is 2.14. The highest BCUT2D eigenvalue weighted by molar-refractivity contribution is 5.77. The lowest BCUT2D eigenvalue weighted by Gasteiger charge is -2.05. The zero-order valence-electron chi connectivity index (χ0n) is 9.62. The number of hydrogen-bond acceptors (Lipinski definition) is 3. The van der Waals surface area contributed by atoms with Crippen LogP contribution in [-0.2, 0) is 16.0 Å². The molecule has 0 aliphatic heterocycles. The maximum Gasteiger partial charge on any atom is 0.246 e. The van der Waals surface area contributed by atoms with Crippen LogP contribution in [0.25, 0.3) is 0 Å². The predicted molar refractivity (Wildman–Crippen MR) is 63.0 cm³/mol. The van der Waals surface area contributed by atoms with Gasteiger partial charge in [0.05, 0.1) is 6.61 Å². The molecule has 0 saturated heterocycles. The molecule has 5 heteroatoms. The SMILES string of the molecule is NCCOCC(=O)NCCc1ccc(F)cc1. The summed E-state index contributed by atoms with van der Waals surface area (Å²) in [6.07, 6.45) is 0.670. The number of nitrogens with two attached hydrogens (primary N) is 1. The second-order valence-corrected chi connectivity index (χ2v) is 3.57. The van der Waals surface area contributed by atoms with Crippen molar-refractivity contribution >= 4 is 5.91 Å². The number of hydrogen-bond donors (Lipinski definition) is 2. The summed E-state index contributed by atoms with van der Waals surface area (Å²) in [5.74, 6) is -0.423. The van der Waals surface area contributed by atoms with Crippen molar-refractivity contribution in [2.75, 3.05) is 26.3 Å². The highest BCUT2D eigenvalue weighted by Crippen LogP contribution is 2.02. The summed E-state index contributed by atoms with van der Waals surface area (Å²) in [7, 11) is 0. The van der Waals surface area contributed by atoms with Gasteiger partial charge in [0.1, 0.15) is 12.4 Å². The third-order valence-corrected chi connectivity index (χ3v) is 2.14. The van der Waals surface area contributed by atoms with Crippen LogP contribution in [0, 0.1) is 5.82 Å². The van der Waals surface area contributed by atoms with Crippen molar-refractivity contribution in [3.8, 4) is 0 Å². The van der Waals surface area contributed by atoms with Crippen molar-refractivity contribution in [2.24, 2.45) is 5.73 Å². The summed E-state index contributed by atoms with van der Waals surface area (Å²) in [6.45, 7) is 1.32. The van der Waals surface area contributed by atoms with Gasteiger partial charge in [0.25, 0.3) is 0 Å². The second kappa shape index (κ2) is 7.76. The summed E-state index contributed by atoms with van der Waals surface area (Å²) in [5, 5.41) is 2.71. The number of nitrogens with one attached hydrogen (secondary N) is 1. The van der Waals surface area contributed by atoms with E-state index in [0.29, 0.717) is 26.1 Å². The van der Waals surface area contributed by atoms with E-state index in [0.717, 1.165) is 5.56 Å². The molecular weight excluding hydrogens is 223 g/mol. The monoisotopic (exact) mass is 240 g/mol. The molecule has 0 fully saturated rings. The molecule has 1 aromatic rings. The minimum absolute atomic E-state index is 0.0284. The molecule has 0 radical (unpaired) electrons. The zero-order valence-corrected chi connectivity index (χ0v) is 9.62. The number of ether oxygens (including phenoxy) is 1. The number of benzene rings is 1. The van der Waals surface area contributed by atoms with Crippen LogP contribution in [0.1, 0.15) is 5.56 Å². The van der Waals surface area contributed by atoms with Gasteiger partial charge in [0.2, 0.25) is 5.91 Å². The van der Waals surface area contributed by atoms with Gasteiger partial charge in [0, 0.05) is 13.1 Å². The number of halogens is 1. The molecule has 1 amide bonds. The molecule has 0 aliphatic carbocycles. The molecule has 4 nitrogen and oxygen atoms in total. The maximum absolute atomic E-state index is 12.6. The van der Waals surface area contributed by atoms with Gasteiger partial charge in [-0.2, -0.15) is 0 Å². The minimum Gasteiger partial charge on any atom is -0.370 e. The van der Waals surface area contributed by atoms with E-state index in [1.165, 1.54) is 12.1 Å². The van der Waals surface area contributed by atoms with Crippen molar-refractivity contribution in [1.82, 2.24) is 5.32 Å². The molecule has 0 bridgehead atoms. The van der Waals surface area contributed by atoms with Crippen molar-refractivity contribution in [3.05, 3.63) is 35.6 Å². The lowest BCUT2D eigenvalue weighted by molar-refractivity contribution is -0.125. The fourth-order valence-corrected chi connectivity index (χ4v) is 1.30. The van der Waals surface area contributed by atoms with E-state index in [2.05, 4.69) is 5.32 Å². The summed E-state index contributed by atoms with van der Waals surface area (Å²) in [6, 6.07) is 6.21. The Labute approximate surface area is 100.0 Å². The van der Waals surface area contributed by atoms with E-state index in [1.807, 2.05) is 0 Å². The molecule has 0 aromatic heterocycles. The highest BCUT2D eigenvalue weighted by atomic mass is 19.1. The standard InChI is InChI=1S/C12H17FN2O2/c13-11-3-1-10(2-4-11)5-7-15-12(16)9-17-8-6-14/h1-4H,5-9,14H2,(H,15,16). The predicted octanol–water partition coefficient (Wildman–Crippen LogP) is 0.460. The van der Waals surface area contributed by atoms with Gasteiger partial charge >= 0.3 is 0 Å². The molecule has 1 aromatic carbocycles. The van der Waals surface area contributed by atoms with Gasteiger partial charge in [0.15, 0.2) is 0 Å². The van der Waals surface area contributed by atoms with Crippen LogP contribution in [0.3, 0.4) is 0 Å². The molecule has 0 atom stereocenters. The Morgan fingerprint density at radius 2 is 2.06 bits per heavy atom. The van der Waals surface area contributed by atoms with Gasteiger partial charge in [-0.25, -0.2) is 4.39 Å². The van der Waals surface area contributed by atoms with Crippen LogP contribution in [0.5, 0.6) is 0 Å². The topological polar surface area (TPSA) is 64.3 Å². The molecule has 0 unspecified atom stereocenters. The van der Waals surface area contributed by atoms with E-state index >= 15 is 0 Å². The molecule has 0 saturated carbocycles. The first kappa shape index (κ1) is 13.6. The molecule has 94 valence electrons. The van der Waals surface area contributed by atoms with E-state index in [9.17, 15) is 9.18 Å². The Hall–Kier alpha value is -1.46. The van der Waals surface area contributed by atoms with Crippen LogP contribution < -0.4 is 11.1 Å². The summed E-state index contributed by atoms with van der Waals surface area (Å²) >= 11 is 0. The number of carbonyl (C=O) groups excluding carboxylic acids is 1. The van der Waals surface area contributed by atoms with Gasteiger partial charge in [-0.1, -0.05) is 12.1 Å². The Kier molecular flexibility index (Phi) is 6.21. The molecule has 0 heterocycles. The van der Waals surface area contributed by atoms with Crippen LogP contribution in [-0.4, -0.2) is 32.2 Å². The first-order chi connectivity index (χ1) is 8.22. The van der Waals surface area contributed by atoms with Crippen molar-refractivity contribution in [3.63, 3.8) is 0 Å². The fraction of sp³-hybridized carbons (Fsp3) is 0.417. The smallest absolute Gasteiger partial charge is 0.246 e. The molecule has 17 heavy (non-hydrogen) atoms. The Morgan fingerprint density at radius 1 is 1.35 bits per heavy atom. The van der Waals surface area contributed by atoms with Gasteiger partial charge in [-0.15, -0.1) is 0 Å². The third kappa shape index (κ3) is 5.99. The van der Waals surface area contributed by atoms with Crippen LogP contribution in [0.15, 0.2) is 24.3 Å². The number of carbonyl (C=O) groups is 1. The first-order valence-corrected chi connectivity index (χ1v) is 5.51. The molecule has 3 N–H and O–H groups in total. The van der Waals surface area contributed by atoms with Crippen LogP contribution >= 0.6 is 0 Å². The number of rotatable bonds is 7. The summed E-state index contributed by atoms with van der Waals surface area (Å²) in [5.41, 5.74) is 6.20. The van der Waals surface area contributed by atoms with Crippen LogP contribution in [0.4, 0.5) is 4.39 Å². The van der Waals surface area contributed by atoms with Crippen molar-refractivity contribution < 1.29 is 13.9 Å². The minimum atomic E-state index is -0.257. The largest absolute Gasteiger partial charge is 0.370 e. The van der Waals surface area contributed by atoms with Gasteiger partial charge in [-0.3, -0.25) is 4.79 Å². The quantitative estimate of drug-likeness (QED) is 0.680. The lowest BCUT2D eigenvalue weighted by Crippen LogP contribution is -2.30. The van der Waals surface area contributed by atoms with E-state index in [1.54, 1.807) is 12.1 Å². The van der Waals surface area contributed by atoms with E-state index < -0.39 is 0 Å². The number of amides is 1. The lowest BCUT2D eigenvalue weighted by atomic mass is 10.1. The van der Waals surface area contributed by atoms with Gasteiger partial charge in [-0.05, 0) is 24.1 Å². The maximum atomic E-state index is 12.6. The summed E-state index contributed by atoms with van der Waals surface area (Å²) in [4.78, 5) is 11.2. The Balaban J connectivity index is 2.14. The summed E-state index contributed by atoms with van der Waals surface area (Å²) < 4.78 is 17.6. The normalized spacial score (nSPS) is 10.2. The second-order valence-electron chi connectivity index (χ2n) is 3.57. The molecule has 1 rings (SSSR count). The van der Waals surface area contributed by atoms with Crippen molar-refractivity contribution in [1.29, 1.82) is 0 Å². The van der Waals surface area contributed by atoms with Crippen LogP contribution in [0.2, 0.25) is 0 Å². The Morgan fingerprint density at radius 3 is 2.71 bits per heavy atom. The molecule has 0 aliphatic rings. The Bertz CT molecular complexity index is 341. The molecule has 0 spiro atoms. The fourth-order valence-electron chi connectivity index (χ4n) is 1.30. The highest BCUT2D eigenvalue weighted by Gasteiger charge is 2.00. The first-order valence-electron chi connectivity index (χ1n) is 5.51. The molecular formula is C12H17FN2O2. The average Bonchev–Trinajstić information content (AvgIpc) is 2.32. The van der Waals surface area contributed by atoms with E-state index in [-0.39, 0.29) is 18.3 Å². The van der Waals surface area contributed by atoms with E-state index in [4.69, 9.17) is 10.5 Å². The van der Waals surface area contributed by atoms with Crippen molar-refractivity contribution in [2.45, 2.75) is 6.42 Å².